The summed E-state index contributed by atoms with van der Waals surface area (Å²) in [4.78, 5) is 25.2. The van der Waals surface area contributed by atoms with Gasteiger partial charge in [-0.2, -0.15) is 0 Å². The number of pyridine rings is 1. The molecule has 0 aliphatic heterocycles. The summed E-state index contributed by atoms with van der Waals surface area (Å²) in [6, 6.07) is 9.28. The number of aromatic nitrogens is 1. The molecule has 2 rings (SSSR count). The van der Waals surface area contributed by atoms with Gasteiger partial charge in [0.1, 0.15) is 12.0 Å². The number of rotatable bonds is 2. The van der Waals surface area contributed by atoms with Crippen molar-refractivity contribution in [3.8, 4) is 0 Å². The summed E-state index contributed by atoms with van der Waals surface area (Å²) in [5, 5.41) is 2.51. The van der Waals surface area contributed by atoms with Crippen molar-refractivity contribution in [1.82, 2.24) is 10.3 Å². The van der Waals surface area contributed by atoms with E-state index in [0.29, 0.717) is 5.69 Å². The fourth-order valence-corrected chi connectivity index (χ4v) is 1.63. The number of aldehydes is 1. The van der Waals surface area contributed by atoms with Crippen LogP contribution in [0.2, 0.25) is 0 Å². The fourth-order valence-electron chi connectivity index (χ4n) is 1.63. The van der Waals surface area contributed by atoms with Crippen molar-refractivity contribution in [2.24, 2.45) is 0 Å². The Morgan fingerprint density at radius 1 is 1.04 bits per heavy atom. The van der Waals surface area contributed by atoms with Crippen LogP contribution < -0.4 is 5.32 Å². The van der Waals surface area contributed by atoms with Crippen LogP contribution in [0.15, 0.2) is 36.5 Å². The zero-order valence-corrected chi connectivity index (χ0v) is 14.8. The van der Waals surface area contributed by atoms with Gasteiger partial charge in [-0.3, -0.25) is 14.6 Å². The Bertz CT molecular complexity index is 637. The Hall–Kier alpha value is -2.49. The average molecular weight is 314 g/mol. The summed E-state index contributed by atoms with van der Waals surface area (Å²) >= 11 is 0. The lowest BCUT2D eigenvalue weighted by atomic mass is 10.1. The van der Waals surface area contributed by atoms with E-state index < -0.39 is 0 Å². The maximum atomic E-state index is 11.0. The molecule has 0 fully saturated rings. The first-order valence-corrected chi connectivity index (χ1v) is 7.65. The topological polar surface area (TPSA) is 59.1 Å². The Morgan fingerprint density at radius 3 is 2.17 bits per heavy atom. The normalized spacial score (nSPS) is 8.78. The summed E-state index contributed by atoms with van der Waals surface area (Å²) in [5.41, 5.74) is 4.66. The molecule has 0 bridgehead atoms. The number of carbonyl (C=O) groups excluding carboxylic acids is 2. The Balaban J connectivity index is 0.000000381. The van der Waals surface area contributed by atoms with E-state index in [2.05, 4.69) is 10.3 Å². The number of nitrogens with zero attached hydrogens (tertiary/aromatic N) is 1. The van der Waals surface area contributed by atoms with E-state index in [4.69, 9.17) is 0 Å². The number of nitrogens with one attached hydrogen (secondary N) is 1. The summed E-state index contributed by atoms with van der Waals surface area (Å²) in [7, 11) is 1.59. The van der Waals surface area contributed by atoms with E-state index in [1.165, 1.54) is 11.1 Å². The van der Waals surface area contributed by atoms with Crippen LogP contribution in [0.5, 0.6) is 0 Å². The van der Waals surface area contributed by atoms with Gasteiger partial charge in [0.25, 0.3) is 5.91 Å². The molecule has 1 aromatic heterocycles. The molecule has 1 N–H and O–H groups in total. The monoisotopic (exact) mass is 314 g/mol. The van der Waals surface area contributed by atoms with Crippen molar-refractivity contribution < 1.29 is 9.59 Å². The maximum absolute atomic E-state index is 11.0. The number of aryl methyl sites for hydroxylation is 3. The molecule has 0 saturated heterocycles. The van der Waals surface area contributed by atoms with Crippen molar-refractivity contribution in [1.29, 1.82) is 0 Å². The molecule has 124 valence electrons. The highest BCUT2D eigenvalue weighted by Crippen LogP contribution is 2.07. The third-order valence-corrected chi connectivity index (χ3v) is 3.04. The van der Waals surface area contributed by atoms with Crippen LogP contribution in [0.4, 0.5) is 0 Å². The van der Waals surface area contributed by atoms with Crippen LogP contribution in [0.3, 0.4) is 0 Å². The fraction of sp³-hybridized carbons (Fsp3) is 0.316. The van der Waals surface area contributed by atoms with Gasteiger partial charge in [0.2, 0.25) is 0 Å². The van der Waals surface area contributed by atoms with Crippen molar-refractivity contribution in [3.63, 3.8) is 0 Å². The van der Waals surface area contributed by atoms with Crippen molar-refractivity contribution in [2.45, 2.75) is 34.6 Å². The molecule has 0 saturated carbocycles. The Morgan fingerprint density at radius 2 is 1.70 bits per heavy atom. The SMILES string of the molecule is CC.CNC(=O)c1cc(C)ccn1.Cc1ccc(C=O)cc1C. The van der Waals surface area contributed by atoms with Crippen LogP contribution >= 0.6 is 0 Å². The van der Waals surface area contributed by atoms with Gasteiger partial charge < -0.3 is 5.32 Å². The second-order valence-electron chi connectivity index (χ2n) is 4.76. The number of hydrogen-bond donors (Lipinski definition) is 1. The van der Waals surface area contributed by atoms with Crippen LogP contribution in [0, 0.1) is 20.8 Å². The average Bonchev–Trinajstić information content (AvgIpc) is 2.59. The Kier molecular flexibility index (Phi) is 9.92. The maximum Gasteiger partial charge on any atom is 0.269 e. The summed E-state index contributed by atoms with van der Waals surface area (Å²) in [6.45, 7) is 9.96. The van der Waals surface area contributed by atoms with Gasteiger partial charge in [-0.05, 0) is 55.7 Å². The lowest BCUT2D eigenvalue weighted by Crippen LogP contribution is -2.19. The number of amides is 1. The molecule has 0 atom stereocenters. The number of benzene rings is 1. The van der Waals surface area contributed by atoms with E-state index in [9.17, 15) is 9.59 Å². The van der Waals surface area contributed by atoms with E-state index in [1.54, 1.807) is 19.3 Å². The van der Waals surface area contributed by atoms with Gasteiger partial charge >= 0.3 is 0 Å². The van der Waals surface area contributed by atoms with Gasteiger partial charge in [-0.25, -0.2) is 0 Å². The molecule has 0 aliphatic carbocycles. The van der Waals surface area contributed by atoms with Crippen molar-refractivity contribution in [2.75, 3.05) is 7.05 Å². The minimum Gasteiger partial charge on any atom is -0.354 e. The van der Waals surface area contributed by atoms with E-state index in [-0.39, 0.29) is 5.91 Å². The van der Waals surface area contributed by atoms with Crippen LogP contribution in [0.25, 0.3) is 0 Å². The predicted octanol–water partition coefficient (Wildman–Crippen LogP) is 3.89. The molecule has 1 amide bonds. The second-order valence-corrected chi connectivity index (χ2v) is 4.76. The molecule has 0 aliphatic rings. The third kappa shape index (κ3) is 7.36. The highest BCUT2D eigenvalue weighted by Gasteiger charge is 2.02. The van der Waals surface area contributed by atoms with Crippen LogP contribution in [-0.2, 0) is 0 Å². The first kappa shape index (κ1) is 20.5. The van der Waals surface area contributed by atoms with Crippen molar-refractivity contribution >= 4 is 12.2 Å². The van der Waals surface area contributed by atoms with Crippen LogP contribution in [0.1, 0.15) is 51.4 Å². The summed E-state index contributed by atoms with van der Waals surface area (Å²) in [5.74, 6) is -0.145. The molecule has 4 heteroatoms. The highest BCUT2D eigenvalue weighted by molar-refractivity contribution is 5.92. The minimum absolute atomic E-state index is 0.145. The first-order valence-electron chi connectivity index (χ1n) is 7.65. The standard InChI is InChI=1S/C9H10O.C8H10N2O.C2H6/c1-7-3-4-9(6-10)5-8(7)2;1-6-3-4-10-7(5-6)8(11)9-2;1-2/h3-6H,1-2H3;3-5H,1-2H3,(H,9,11);1-2H3. The first-order chi connectivity index (χ1) is 11.0. The van der Waals surface area contributed by atoms with E-state index in [0.717, 1.165) is 17.4 Å². The zero-order valence-electron chi connectivity index (χ0n) is 14.8. The lowest BCUT2D eigenvalue weighted by Gasteiger charge is -1.98. The predicted molar refractivity (Wildman–Crippen MR) is 95.0 cm³/mol. The molecule has 0 spiro atoms. The quantitative estimate of drug-likeness (QED) is 0.855. The molecule has 4 nitrogen and oxygen atoms in total. The molecule has 23 heavy (non-hydrogen) atoms. The summed E-state index contributed by atoms with van der Waals surface area (Å²) < 4.78 is 0. The highest BCUT2D eigenvalue weighted by atomic mass is 16.1. The van der Waals surface area contributed by atoms with Crippen molar-refractivity contribution in [3.05, 3.63) is 64.5 Å². The molecule has 0 unspecified atom stereocenters. The largest absolute Gasteiger partial charge is 0.354 e. The van der Waals surface area contributed by atoms with Gasteiger partial charge in [-0.1, -0.05) is 26.0 Å². The molecular weight excluding hydrogens is 288 g/mol. The molecule has 0 radical (unpaired) electrons. The van der Waals surface area contributed by atoms with Gasteiger partial charge in [0.05, 0.1) is 0 Å². The third-order valence-electron chi connectivity index (χ3n) is 3.04. The molecular formula is C19H26N2O2. The minimum atomic E-state index is -0.145. The zero-order chi connectivity index (χ0) is 17.8. The van der Waals surface area contributed by atoms with Gasteiger partial charge in [-0.15, -0.1) is 0 Å². The number of hydrogen-bond acceptors (Lipinski definition) is 3. The molecule has 1 aromatic carbocycles. The second kappa shape index (κ2) is 11.1. The number of carbonyl (C=O) groups is 2. The molecule has 1 heterocycles. The lowest BCUT2D eigenvalue weighted by molar-refractivity contribution is 0.0957. The molecule has 2 aromatic rings. The smallest absolute Gasteiger partial charge is 0.269 e. The van der Waals surface area contributed by atoms with Gasteiger partial charge in [0.15, 0.2) is 0 Å². The Labute approximate surface area is 139 Å². The van der Waals surface area contributed by atoms with E-state index in [1.807, 2.05) is 58.9 Å². The van der Waals surface area contributed by atoms with Gasteiger partial charge in [0, 0.05) is 18.8 Å². The van der Waals surface area contributed by atoms with Crippen LogP contribution in [-0.4, -0.2) is 24.2 Å². The van der Waals surface area contributed by atoms with E-state index >= 15 is 0 Å². The summed E-state index contributed by atoms with van der Waals surface area (Å²) in [6.07, 6.45) is 2.49.